The van der Waals surface area contributed by atoms with Crippen LogP contribution < -0.4 is 5.32 Å². The molecular formula is C14H19NO2. The van der Waals surface area contributed by atoms with Crippen molar-refractivity contribution in [2.75, 3.05) is 0 Å². The molecule has 92 valence electrons. The molecule has 1 fully saturated rings. The third-order valence-corrected chi connectivity index (χ3v) is 3.49. The first-order chi connectivity index (χ1) is 8.27. The van der Waals surface area contributed by atoms with E-state index in [1.807, 2.05) is 18.2 Å². The van der Waals surface area contributed by atoms with Crippen LogP contribution in [0.25, 0.3) is 0 Å². The zero-order valence-corrected chi connectivity index (χ0v) is 9.93. The highest BCUT2D eigenvalue weighted by atomic mass is 16.4. The maximum atomic E-state index is 11.1. The Balaban J connectivity index is 1.90. The van der Waals surface area contributed by atoms with Gasteiger partial charge in [0.15, 0.2) is 0 Å². The summed E-state index contributed by atoms with van der Waals surface area (Å²) in [6, 6.07) is 10.3. The summed E-state index contributed by atoms with van der Waals surface area (Å²) >= 11 is 0. The van der Waals surface area contributed by atoms with Gasteiger partial charge in [-0.2, -0.15) is 0 Å². The molecule has 1 aromatic carbocycles. The molecule has 2 rings (SSSR count). The molecule has 1 aromatic rings. The highest BCUT2D eigenvalue weighted by Crippen LogP contribution is 2.24. The molecule has 2 unspecified atom stereocenters. The Hall–Kier alpha value is -1.35. The van der Waals surface area contributed by atoms with Crippen molar-refractivity contribution in [2.45, 2.75) is 38.3 Å². The van der Waals surface area contributed by atoms with Gasteiger partial charge in [0.05, 0.1) is 5.92 Å². The summed E-state index contributed by atoms with van der Waals surface area (Å²) in [6.45, 7) is 0.759. The Kier molecular flexibility index (Phi) is 4.15. The predicted molar refractivity (Wildman–Crippen MR) is 66.7 cm³/mol. The van der Waals surface area contributed by atoms with E-state index in [1.165, 1.54) is 5.56 Å². The summed E-state index contributed by atoms with van der Waals surface area (Å²) in [5, 5.41) is 12.6. The van der Waals surface area contributed by atoms with Gasteiger partial charge in [0.1, 0.15) is 0 Å². The number of benzene rings is 1. The number of nitrogens with one attached hydrogen (secondary N) is 1. The first kappa shape index (κ1) is 12.1. The minimum atomic E-state index is -0.657. The summed E-state index contributed by atoms with van der Waals surface area (Å²) in [7, 11) is 0. The third kappa shape index (κ3) is 3.30. The van der Waals surface area contributed by atoms with E-state index in [9.17, 15) is 4.79 Å². The van der Waals surface area contributed by atoms with Crippen molar-refractivity contribution in [1.29, 1.82) is 0 Å². The third-order valence-electron chi connectivity index (χ3n) is 3.49. The van der Waals surface area contributed by atoms with E-state index >= 15 is 0 Å². The standard InChI is InChI=1S/C14H19NO2/c16-14(17)12-8-4-5-9-13(12)15-10-11-6-2-1-3-7-11/h1-3,6-7,12-13,15H,4-5,8-10H2,(H,16,17). The lowest BCUT2D eigenvalue weighted by atomic mass is 9.84. The van der Waals surface area contributed by atoms with Crippen molar-refractivity contribution in [3.8, 4) is 0 Å². The molecule has 0 aromatic heterocycles. The fourth-order valence-electron chi connectivity index (χ4n) is 2.52. The second-order valence-corrected chi connectivity index (χ2v) is 4.70. The van der Waals surface area contributed by atoms with Gasteiger partial charge < -0.3 is 10.4 Å². The minimum absolute atomic E-state index is 0.126. The van der Waals surface area contributed by atoms with E-state index in [0.29, 0.717) is 0 Å². The van der Waals surface area contributed by atoms with Crippen LogP contribution in [0.5, 0.6) is 0 Å². The molecule has 3 nitrogen and oxygen atoms in total. The van der Waals surface area contributed by atoms with E-state index in [0.717, 1.165) is 32.2 Å². The topological polar surface area (TPSA) is 49.3 Å². The minimum Gasteiger partial charge on any atom is -0.481 e. The largest absolute Gasteiger partial charge is 0.481 e. The molecule has 2 N–H and O–H groups in total. The summed E-state index contributed by atoms with van der Waals surface area (Å²) in [5.41, 5.74) is 1.21. The number of hydrogen-bond donors (Lipinski definition) is 2. The Morgan fingerprint density at radius 2 is 1.94 bits per heavy atom. The predicted octanol–water partition coefficient (Wildman–Crippen LogP) is 2.42. The van der Waals surface area contributed by atoms with Crippen LogP contribution in [0.3, 0.4) is 0 Å². The average molecular weight is 233 g/mol. The molecule has 1 aliphatic rings. The van der Waals surface area contributed by atoms with Crippen LogP contribution >= 0.6 is 0 Å². The van der Waals surface area contributed by atoms with Crippen LogP contribution in [0.15, 0.2) is 30.3 Å². The molecule has 17 heavy (non-hydrogen) atoms. The van der Waals surface area contributed by atoms with Gasteiger partial charge in [-0.05, 0) is 18.4 Å². The van der Waals surface area contributed by atoms with E-state index in [1.54, 1.807) is 0 Å². The summed E-state index contributed by atoms with van der Waals surface area (Å²) in [4.78, 5) is 11.1. The fourth-order valence-corrected chi connectivity index (χ4v) is 2.52. The van der Waals surface area contributed by atoms with Gasteiger partial charge in [-0.3, -0.25) is 4.79 Å². The highest BCUT2D eigenvalue weighted by molar-refractivity contribution is 5.71. The molecule has 0 saturated heterocycles. The first-order valence-electron chi connectivity index (χ1n) is 6.27. The molecule has 3 heteroatoms. The highest BCUT2D eigenvalue weighted by Gasteiger charge is 2.30. The lowest BCUT2D eigenvalue weighted by Crippen LogP contribution is -2.41. The quantitative estimate of drug-likeness (QED) is 0.839. The van der Waals surface area contributed by atoms with E-state index in [-0.39, 0.29) is 12.0 Å². The average Bonchev–Trinajstić information content (AvgIpc) is 2.38. The van der Waals surface area contributed by atoms with Crippen molar-refractivity contribution >= 4 is 5.97 Å². The molecule has 1 aliphatic carbocycles. The smallest absolute Gasteiger partial charge is 0.308 e. The van der Waals surface area contributed by atoms with Crippen LogP contribution in [0.2, 0.25) is 0 Å². The van der Waals surface area contributed by atoms with Crippen LogP contribution in [0, 0.1) is 5.92 Å². The van der Waals surface area contributed by atoms with E-state index in [2.05, 4.69) is 17.4 Å². The lowest BCUT2D eigenvalue weighted by molar-refractivity contribution is -0.143. The van der Waals surface area contributed by atoms with Gasteiger partial charge in [-0.25, -0.2) is 0 Å². The van der Waals surface area contributed by atoms with Crippen LogP contribution in [-0.2, 0) is 11.3 Å². The number of hydrogen-bond acceptors (Lipinski definition) is 2. The normalized spacial score (nSPS) is 24.5. The Morgan fingerprint density at radius 1 is 1.24 bits per heavy atom. The molecule has 1 saturated carbocycles. The summed E-state index contributed by atoms with van der Waals surface area (Å²) < 4.78 is 0. The van der Waals surface area contributed by atoms with Gasteiger partial charge in [0.2, 0.25) is 0 Å². The van der Waals surface area contributed by atoms with Gasteiger partial charge >= 0.3 is 5.97 Å². The van der Waals surface area contributed by atoms with E-state index < -0.39 is 5.97 Å². The van der Waals surface area contributed by atoms with Crippen molar-refractivity contribution in [2.24, 2.45) is 5.92 Å². The number of carbonyl (C=O) groups is 1. The Morgan fingerprint density at radius 3 is 2.65 bits per heavy atom. The van der Waals surface area contributed by atoms with Crippen LogP contribution in [0.1, 0.15) is 31.2 Å². The summed E-state index contributed by atoms with van der Waals surface area (Å²) in [5.74, 6) is -0.872. The van der Waals surface area contributed by atoms with Crippen molar-refractivity contribution in [3.05, 3.63) is 35.9 Å². The second-order valence-electron chi connectivity index (χ2n) is 4.70. The van der Waals surface area contributed by atoms with Gasteiger partial charge in [-0.1, -0.05) is 43.2 Å². The summed E-state index contributed by atoms with van der Waals surface area (Å²) in [6.07, 6.45) is 3.96. The number of rotatable bonds is 4. The molecule has 0 radical (unpaired) electrons. The van der Waals surface area contributed by atoms with Crippen molar-refractivity contribution in [3.63, 3.8) is 0 Å². The zero-order valence-electron chi connectivity index (χ0n) is 9.93. The van der Waals surface area contributed by atoms with Crippen LogP contribution in [0.4, 0.5) is 0 Å². The molecule has 0 heterocycles. The maximum absolute atomic E-state index is 11.1. The molecular weight excluding hydrogens is 214 g/mol. The molecule has 0 bridgehead atoms. The van der Waals surface area contributed by atoms with Gasteiger partial charge in [0.25, 0.3) is 0 Å². The Bertz CT molecular complexity index is 364. The van der Waals surface area contributed by atoms with Crippen LogP contribution in [-0.4, -0.2) is 17.1 Å². The van der Waals surface area contributed by atoms with E-state index in [4.69, 9.17) is 5.11 Å². The Labute approximate surface area is 102 Å². The number of carboxylic acids is 1. The molecule has 0 spiro atoms. The zero-order chi connectivity index (χ0) is 12.1. The van der Waals surface area contributed by atoms with Gasteiger partial charge in [0, 0.05) is 12.6 Å². The number of aliphatic carboxylic acids is 1. The molecule has 2 atom stereocenters. The number of carboxylic acid groups (broad SMARTS) is 1. The molecule has 0 aliphatic heterocycles. The van der Waals surface area contributed by atoms with Crippen molar-refractivity contribution < 1.29 is 9.90 Å². The maximum Gasteiger partial charge on any atom is 0.308 e. The first-order valence-corrected chi connectivity index (χ1v) is 6.27. The second kappa shape index (κ2) is 5.82. The lowest BCUT2D eigenvalue weighted by Gasteiger charge is -2.29. The van der Waals surface area contributed by atoms with Gasteiger partial charge in [-0.15, -0.1) is 0 Å². The monoisotopic (exact) mass is 233 g/mol. The SMILES string of the molecule is O=C(O)C1CCCCC1NCc1ccccc1. The van der Waals surface area contributed by atoms with Crippen molar-refractivity contribution in [1.82, 2.24) is 5.32 Å². The fraction of sp³-hybridized carbons (Fsp3) is 0.500. The molecule has 0 amide bonds.